The molecule has 1 aliphatic heterocycles. The van der Waals surface area contributed by atoms with E-state index >= 15 is 0 Å². The average molecular weight is 365 g/mol. The van der Waals surface area contributed by atoms with E-state index < -0.39 is 0 Å². The summed E-state index contributed by atoms with van der Waals surface area (Å²) >= 11 is 6.01. The summed E-state index contributed by atoms with van der Waals surface area (Å²) in [5.74, 6) is 0.271. The first-order valence-corrected chi connectivity index (χ1v) is 8.74. The van der Waals surface area contributed by atoms with Gasteiger partial charge in [-0.25, -0.2) is 14.4 Å². The molecule has 0 aliphatic carbocycles. The highest BCUT2D eigenvalue weighted by atomic mass is 35.5. The van der Waals surface area contributed by atoms with Crippen molar-refractivity contribution in [3.8, 4) is 0 Å². The van der Waals surface area contributed by atoms with Crippen molar-refractivity contribution in [3.05, 3.63) is 23.5 Å². The molecule has 4 heterocycles. The molecule has 0 atom stereocenters. The Bertz CT molecular complexity index is 883. The van der Waals surface area contributed by atoms with E-state index in [1.54, 1.807) is 4.80 Å². The van der Waals surface area contributed by atoms with Gasteiger partial charge in [-0.05, 0) is 24.5 Å². The quantitative estimate of drug-likeness (QED) is 0.662. The van der Waals surface area contributed by atoms with E-state index in [9.17, 15) is 4.39 Å². The van der Waals surface area contributed by atoms with E-state index in [1.165, 1.54) is 12.5 Å². The zero-order valence-corrected chi connectivity index (χ0v) is 14.6. The molecule has 0 N–H and O–H groups in total. The van der Waals surface area contributed by atoms with Crippen LogP contribution in [0.1, 0.15) is 32.2 Å². The minimum atomic E-state index is -0.382. The molecule has 0 amide bonds. The normalized spacial score (nSPS) is 16.0. The van der Waals surface area contributed by atoms with Gasteiger partial charge in [0.2, 0.25) is 0 Å². The number of piperidine rings is 1. The standard InChI is InChI=1S/C15H18ClFN8/c1-2-5-25-21-15(20-22-25)23-6-3-10(4-7-23)24-8-11(17)12-13(16)18-9-19-14(12)24/h8-10H,2-7H2,1H3. The van der Waals surface area contributed by atoms with Crippen molar-refractivity contribution < 1.29 is 4.39 Å². The second-order valence-corrected chi connectivity index (χ2v) is 6.51. The molecule has 1 saturated heterocycles. The third kappa shape index (κ3) is 2.92. The number of aromatic nitrogens is 7. The van der Waals surface area contributed by atoms with Crippen LogP contribution in [0.4, 0.5) is 10.3 Å². The Labute approximate surface area is 148 Å². The lowest BCUT2D eigenvalue weighted by atomic mass is 10.1. The number of hydrogen-bond donors (Lipinski definition) is 0. The zero-order chi connectivity index (χ0) is 17.4. The van der Waals surface area contributed by atoms with Crippen LogP contribution in [0.3, 0.4) is 0 Å². The van der Waals surface area contributed by atoms with Gasteiger partial charge < -0.3 is 9.47 Å². The Morgan fingerprint density at radius 2 is 2.08 bits per heavy atom. The van der Waals surface area contributed by atoms with Gasteiger partial charge in [-0.15, -0.1) is 5.10 Å². The molecule has 0 spiro atoms. The predicted molar refractivity (Wildman–Crippen MR) is 91.1 cm³/mol. The van der Waals surface area contributed by atoms with Gasteiger partial charge in [-0.3, -0.25) is 0 Å². The van der Waals surface area contributed by atoms with E-state index in [2.05, 4.69) is 37.2 Å². The second kappa shape index (κ2) is 6.55. The summed E-state index contributed by atoms with van der Waals surface area (Å²) in [5, 5.41) is 13.0. The summed E-state index contributed by atoms with van der Waals surface area (Å²) in [7, 11) is 0. The number of aryl methyl sites for hydroxylation is 1. The van der Waals surface area contributed by atoms with E-state index in [1.807, 2.05) is 4.57 Å². The van der Waals surface area contributed by atoms with Crippen LogP contribution < -0.4 is 4.90 Å². The molecule has 1 fully saturated rings. The lowest BCUT2D eigenvalue weighted by molar-refractivity contribution is 0.398. The molecule has 3 aromatic heterocycles. The van der Waals surface area contributed by atoms with Crippen LogP contribution >= 0.6 is 11.6 Å². The molecule has 3 aromatic rings. The van der Waals surface area contributed by atoms with Gasteiger partial charge in [0.25, 0.3) is 5.95 Å². The third-order valence-electron chi connectivity index (χ3n) is 4.52. The van der Waals surface area contributed by atoms with Crippen LogP contribution in [0.15, 0.2) is 12.5 Å². The van der Waals surface area contributed by atoms with Gasteiger partial charge in [-0.2, -0.15) is 4.80 Å². The fraction of sp³-hybridized carbons (Fsp3) is 0.533. The molecule has 132 valence electrons. The SMILES string of the molecule is CCCn1nnc(N2CCC(n3cc(F)c4c(Cl)ncnc43)CC2)n1. The summed E-state index contributed by atoms with van der Waals surface area (Å²) in [6, 6.07) is 0.153. The smallest absolute Gasteiger partial charge is 0.266 e. The van der Waals surface area contributed by atoms with E-state index in [4.69, 9.17) is 11.6 Å². The van der Waals surface area contributed by atoms with Crippen molar-refractivity contribution in [1.29, 1.82) is 0 Å². The van der Waals surface area contributed by atoms with Crippen molar-refractivity contribution in [3.63, 3.8) is 0 Å². The lowest BCUT2D eigenvalue weighted by Crippen LogP contribution is -2.35. The molecule has 0 unspecified atom stereocenters. The number of nitrogens with zero attached hydrogens (tertiary/aromatic N) is 8. The molecule has 4 rings (SSSR count). The Kier molecular flexibility index (Phi) is 4.24. The van der Waals surface area contributed by atoms with E-state index in [0.29, 0.717) is 11.6 Å². The highest BCUT2D eigenvalue weighted by Crippen LogP contribution is 2.31. The highest BCUT2D eigenvalue weighted by molar-refractivity contribution is 6.34. The first-order valence-electron chi connectivity index (χ1n) is 8.36. The maximum absolute atomic E-state index is 14.2. The fourth-order valence-electron chi connectivity index (χ4n) is 3.28. The Balaban J connectivity index is 1.51. The molecule has 10 heteroatoms. The van der Waals surface area contributed by atoms with Crippen LogP contribution in [-0.2, 0) is 6.54 Å². The van der Waals surface area contributed by atoms with Crippen molar-refractivity contribution in [2.24, 2.45) is 0 Å². The third-order valence-corrected chi connectivity index (χ3v) is 4.81. The number of hydrogen-bond acceptors (Lipinski definition) is 6. The first kappa shape index (κ1) is 16.2. The number of rotatable bonds is 4. The minimum Gasteiger partial charge on any atom is -0.338 e. The molecular weight excluding hydrogens is 347 g/mol. The number of tetrazole rings is 1. The molecule has 25 heavy (non-hydrogen) atoms. The monoisotopic (exact) mass is 364 g/mol. The summed E-state index contributed by atoms with van der Waals surface area (Å²) in [6.07, 6.45) is 5.49. The second-order valence-electron chi connectivity index (χ2n) is 6.15. The Hall–Kier alpha value is -2.29. The lowest BCUT2D eigenvalue weighted by Gasteiger charge is -2.31. The van der Waals surface area contributed by atoms with Gasteiger partial charge >= 0.3 is 0 Å². The maximum atomic E-state index is 14.2. The minimum absolute atomic E-state index is 0.149. The molecule has 0 bridgehead atoms. The van der Waals surface area contributed by atoms with Gasteiger partial charge in [0.1, 0.15) is 17.1 Å². The predicted octanol–water partition coefficient (Wildman–Crippen LogP) is 2.46. The Morgan fingerprint density at radius 3 is 2.84 bits per heavy atom. The number of halogens is 2. The van der Waals surface area contributed by atoms with Gasteiger partial charge in [0.15, 0.2) is 5.82 Å². The van der Waals surface area contributed by atoms with E-state index in [0.717, 1.165) is 38.9 Å². The highest BCUT2D eigenvalue weighted by Gasteiger charge is 2.26. The molecule has 8 nitrogen and oxygen atoms in total. The average Bonchev–Trinajstić information content (AvgIpc) is 3.21. The largest absolute Gasteiger partial charge is 0.338 e. The van der Waals surface area contributed by atoms with Crippen LogP contribution in [0.5, 0.6) is 0 Å². The van der Waals surface area contributed by atoms with Crippen LogP contribution in [0.2, 0.25) is 5.15 Å². The summed E-state index contributed by atoms with van der Waals surface area (Å²) in [6.45, 7) is 4.40. The summed E-state index contributed by atoms with van der Waals surface area (Å²) < 4.78 is 16.1. The summed E-state index contributed by atoms with van der Waals surface area (Å²) in [4.78, 5) is 11.8. The summed E-state index contributed by atoms with van der Waals surface area (Å²) in [5.41, 5.74) is 0.544. The molecule has 0 radical (unpaired) electrons. The Morgan fingerprint density at radius 1 is 1.28 bits per heavy atom. The molecule has 1 aliphatic rings. The van der Waals surface area contributed by atoms with Crippen LogP contribution in [-0.4, -0.2) is 47.8 Å². The van der Waals surface area contributed by atoms with Crippen molar-refractivity contribution in [1.82, 2.24) is 34.7 Å². The number of fused-ring (bicyclic) bond motifs is 1. The van der Waals surface area contributed by atoms with Crippen molar-refractivity contribution in [2.45, 2.75) is 38.8 Å². The van der Waals surface area contributed by atoms with Crippen LogP contribution in [0, 0.1) is 5.82 Å². The van der Waals surface area contributed by atoms with Gasteiger partial charge in [0, 0.05) is 25.3 Å². The molecule has 0 saturated carbocycles. The van der Waals surface area contributed by atoms with E-state index in [-0.39, 0.29) is 22.4 Å². The maximum Gasteiger partial charge on any atom is 0.266 e. The van der Waals surface area contributed by atoms with Gasteiger partial charge in [-0.1, -0.05) is 23.6 Å². The topological polar surface area (TPSA) is 77.5 Å². The van der Waals surface area contributed by atoms with Crippen molar-refractivity contribution >= 4 is 28.6 Å². The first-order chi connectivity index (χ1) is 12.2. The fourth-order valence-corrected chi connectivity index (χ4v) is 3.50. The van der Waals surface area contributed by atoms with Crippen LogP contribution in [0.25, 0.3) is 11.0 Å². The zero-order valence-electron chi connectivity index (χ0n) is 13.8. The number of anilines is 1. The van der Waals surface area contributed by atoms with Crippen molar-refractivity contribution in [2.75, 3.05) is 18.0 Å². The molecule has 0 aromatic carbocycles. The molecular formula is C15H18ClFN8. The van der Waals surface area contributed by atoms with Gasteiger partial charge in [0.05, 0.1) is 11.9 Å².